The Kier molecular flexibility index (Phi) is 5.16. The number of aromatic hydroxyl groups is 1. The molecule has 0 spiro atoms. The van der Waals surface area contributed by atoms with Crippen LogP contribution in [0.2, 0.25) is 0 Å². The second kappa shape index (κ2) is 7.51. The molecule has 1 aliphatic rings. The molecule has 1 aromatic carbocycles. The van der Waals surface area contributed by atoms with E-state index in [-0.39, 0.29) is 11.7 Å². The van der Waals surface area contributed by atoms with Crippen LogP contribution in [-0.4, -0.2) is 28.8 Å². The Morgan fingerprint density at radius 2 is 1.96 bits per heavy atom. The van der Waals surface area contributed by atoms with E-state index in [0.29, 0.717) is 37.0 Å². The average Bonchev–Trinajstić information content (AvgIpc) is 2.83. The Balaban J connectivity index is 1.69. The van der Waals surface area contributed by atoms with Crippen LogP contribution in [-0.2, 0) is 11.3 Å². The van der Waals surface area contributed by atoms with Crippen LogP contribution in [0.4, 0.5) is 0 Å². The molecule has 1 atom stereocenters. The summed E-state index contributed by atoms with van der Waals surface area (Å²) >= 11 is 0. The van der Waals surface area contributed by atoms with Gasteiger partial charge in [0.05, 0.1) is 13.2 Å². The molecule has 138 valence electrons. The Hall–Kier alpha value is -2.96. The highest BCUT2D eigenvalue weighted by atomic mass is 16.5. The highest BCUT2D eigenvalue weighted by molar-refractivity contribution is 5.80. The van der Waals surface area contributed by atoms with Crippen molar-refractivity contribution in [2.75, 3.05) is 13.2 Å². The number of rotatable bonds is 4. The fourth-order valence-electron chi connectivity index (χ4n) is 2.96. The number of nitrogens with zero attached hydrogens (tertiary/aromatic N) is 1. The van der Waals surface area contributed by atoms with Gasteiger partial charge in [0, 0.05) is 24.7 Å². The zero-order valence-corrected chi connectivity index (χ0v) is 14.8. The summed E-state index contributed by atoms with van der Waals surface area (Å²) in [6.07, 6.45) is 0.832. The minimum Gasteiger partial charge on any atom is -0.508 e. The van der Waals surface area contributed by atoms with Gasteiger partial charge in [0.2, 0.25) is 5.91 Å². The summed E-state index contributed by atoms with van der Waals surface area (Å²) in [5.74, 6) is 0.988. The molecule has 0 unspecified atom stereocenters. The Morgan fingerprint density at radius 1 is 1.23 bits per heavy atom. The zero-order valence-electron chi connectivity index (χ0n) is 14.8. The van der Waals surface area contributed by atoms with Gasteiger partial charge in [-0.05, 0) is 37.6 Å². The van der Waals surface area contributed by atoms with Crippen molar-refractivity contribution in [1.29, 1.82) is 0 Å². The zero-order chi connectivity index (χ0) is 18.7. The summed E-state index contributed by atoms with van der Waals surface area (Å²) in [6, 6.07) is 7.42. The number of benzene rings is 1. The number of fused-ring (bicyclic) bond motifs is 1. The number of nitrogens with one attached hydrogen (secondary N) is 1. The average molecular weight is 358 g/mol. The Morgan fingerprint density at radius 3 is 2.69 bits per heavy atom. The van der Waals surface area contributed by atoms with E-state index < -0.39 is 11.6 Å². The third-order valence-corrected chi connectivity index (χ3v) is 4.29. The van der Waals surface area contributed by atoms with Crippen molar-refractivity contribution in [3.05, 3.63) is 51.9 Å². The highest BCUT2D eigenvalue weighted by Crippen LogP contribution is 2.30. The van der Waals surface area contributed by atoms with Crippen LogP contribution in [0.1, 0.15) is 30.6 Å². The molecule has 0 radical (unpaired) electrons. The molecule has 2 aromatic rings. The molecule has 0 fully saturated rings. The lowest BCUT2D eigenvalue weighted by molar-refractivity contribution is -0.124. The predicted octanol–water partition coefficient (Wildman–Crippen LogP) is 1.90. The van der Waals surface area contributed by atoms with Gasteiger partial charge in [-0.15, -0.1) is 0 Å². The number of ether oxygens (including phenoxy) is 2. The summed E-state index contributed by atoms with van der Waals surface area (Å²) in [6.45, 7) is 4.86. The van der Waals surface area contributed by atoms with E-state index in [4.69, 9.17) is 9.47 Å². The molecule has 7 heteroatoms. The van der Waals surface area contributed by atoms with Crippen LogP contribution in [0.25, 0.3) is 0 Å². The number of carbonyl (C=O) groups is 1. The van der Waals surface area contributed by atoms with Crippen molar-refractivity contribution in [2.45, 2.75) is 32.9 Å². The van der Waals surface area contributed by atoms with Crippen LogP contribution in [0.15, 0.2) is 35.1 Å². The maximum atomic E-state index is 12.5. The Bertz CT molecular complexity index is 875. The van der Waals surface area contributed by atoms with Crippen molar-refractivity contribution in [3.8, 4) is 17.2 Å². The first kappa shape index (κ1) is 17.8. The monoisotopic (exact) mass is 358 g/mol. The van der Waals surface area contributed by atoms with Crippen molar-refractivity contribution in [1.82, 2.24) is 9.88 Å². The van der Waals surface area contributed by atoms with Gasteiger partial charge in [0.15, 0.2) is 11.5 Å². The van der Waals surface area contributed by atoms with Gasteiger partial charge in [-0.25, -0.2) is 0 Å². The smallest absolute Gasteiger partial charge is 0.255 e. The first-order valence-electron chi connectivity index (χ1n) is 8.54. The largest absolute Gasteiger partial charge is 0.508 e. The molecular weight excluding hydrogens is 336 g/mol. The lowest BCUT2D eigenvalue weighted by Gasteiger charge is -2.18. The van der Waals surface area contributed by atoms with Crippen LogP contribution >= 0.6 is 0 Å². The Labute approximate surface area is 151 Å². The minimum atomic E-state index is -0.691. The lowest BCUT2D eigenvalue weighted by atomic mass is 10.2. The second-order valence-corrected chi connectivity index (χ2v) is 6.29. The topological polar surface area (TPSA) is 89.8 Å². The number of amides is 1. The molecule has 26 heavy (non-hydrogen) atoms. The van der Waals surface area contributed by atoms with Crippen LogP contribution in [0, 0.1) is 6.92 Å². The van der Waals surface area contributed by atoms with Crippen molar-refractivity contribution in [3.63, 3.8) is 0 Å². The molecule has 2 heterocycles. The third kappa shape index (κ3) is 3.82. The molecular formula is C19H22N2O5. The minimum absolute atomic E-state index is 0.108. The normalized spacial score (nSPS) is 14.4. The van der Waals surface area contributed by atoms with Gasteiger partial charge in [-0.3, -0.25) is 9.59 Å². The first-order chi connectivity index (χ1) is 12.5. The second-order valence-electron chi connectivity index (χ2n) is 6.29. The molecule has 0 saturated heterocycles. The van der Waals surface area contributed by atoms with Crippen molar-refractivity contribution >= 4 is 5.91 Å². The molecule has 1 aliphatic heterocycles. The van der Waals surface area contributed by atoms with Crippen molar-refractivity contribution in [2.24, 2.45) is 0 Å². The van der Waals surface area contributed by atoms with E-state index in [0.717, 1.165) is 18.1 Å². The van der Waals surface area contributed by atoms with E-state index in [1.807, 2.05) is 18.2 Å². The number of hydrogen-bond donors (Lipinski definition) is 2. The van der Waals surface area contributed by atoms with E-state index in [1.54, 1.807) is 13.8 Å². The summed E-state index contributed by atoms with van der Waals surface area (Å²) in [5.41, 5.74) is 0.985. The van der Waals surface area contributed by atoms with E-state index in [9.17, 15) is 14.7 Å². The lowest BCUT2D eigenvalue weighted by Crippen LogP contribution is -2.36. The maximum absolute atomic E-state index is 12.5. The number of aryl methyl sites for hydroxylation is 1. The highest BCUT2D eigenvalue weighted by Gasteiger charge is 2.18. The summed E-state index contributed by atoms with van der Waals surface area (Å²) < 4.78 is 12.6. The standard InChI is InChI=1S/C19H22N2O5/c1-12-8-15(22)10-18(23)21(12)13(2)19(24)20-11-14-4-5-16-17(9-14)26-7-3-6-25-16/h4-5,8-10,13,22H,3,6-7,11H2,1-2H3,(H,20,24)/t13-/m1/s1. The summed E-state index contributed by atoms with van der Waals surface area (Å²) in [4.78, 5) is 24.5. The van der Waals surface area contributed by atoms with Crippen LogP contribution in [0.3, 0.4) is 0 Å². The number of hydrogen-bond acceptors (Lipinski definition) is 5. The third-order valence-electron chi connectivity index (χ3n) is 4.29. The fraction of sp³-hybridized carbons (Fsp3) is 0.368. The van der Waals surface area contributed by atoms with Gasteiger partial charge in [0.25, 0.3) is 5.56 Å². The summed E-state index contributed by atoms with van der Waals surface area (Å²) in [5, 5.41) is 12.3. The number of pyridine rings is 1. The molecule has 0 saturated carbocycles. The van der Waals surface area contributed by atoms with Crippen LogP contribution < -0.4 is 20.3 Å². The van der Waals surface area contributed by atoms with E-state index >= 15 is 0 Å². The molecule has 7 nitrogen and oxygen atoms in total. The maximum Gasteiger partial charge on any atom is 0.255 e. The van der Waals surface area contributed by atoms with Gasteiger partial charge in [-0.1, -0.05) is 6.07 Å². The first-order valence-corrected chi connectivity index (χ1v) is 8.54. The molecule has 2 N–H and O–H groups in total. The number of aromatic nitrogens is 1. The molecule has 3 rings (SSSR count). The SMILES string of the molecule is Cc1cc(O)cc(=O)n1[C@H](C)C(=O)NCc1ccc2c(c1)OCCCO2. The molecule has 0 aliphatic carbocycles. The van der Waals surface area contributed by atoms with Gasteiger partial charge in [0.1, 0.15) is 11.8 Å². The van der Waals surface area contributed by atoms with Gasteiger partial charge < -0.3 is 24.5 Å². The van der Waals surface area contributed by atoms with Gasteiger partial charge >= 0.3 is 0 Å². The number of carbonyl (C=O) groups excluding carboxylic acids is 1. The predicted molar refractivity (Wildman–Crippen MR) is 95.7 cm³/mol. The van der Waals surface area contributed by atoms with Crippen LogP contribution in [0.5, 0.6) is 17.2 Å². The quantitative estimate of drug-likeness (QED) is 0.871. The van der Waals surface area contributed by atoms with E-state index in [2.05, 4.69) is 5.32 Å². The van der Waals surface area contributed by atoms with Crippen molar-refractivity contribution < 1.29 is 19.4 Å². The molecule has 0 bridgehead atoms. The fourth-order valence-corrected chi connectivity index (χ4v) is 2.96. The molecule has 1 amide bonds. The van der Waals surface area contributed by atoms with Gasteiger partial charge in [-0.2, -0.15) is 0 Å². The summed E-state index contributed by atoms with van der Waals surface area (Å²) in [7, 11) is 0. The molecule has 1 aromatic heterocycles. The van der Waals surface area contributed by atoms with E-state index in [1.165, 1.54) is 10.6 Å².